The number of hydrogen-bond acceptors (Lipinski definition) is 7. The maximum absolute atomic E-state index is 10.8. The Morgan fingerprint density at radius 1 is 1.14 bits per heavy atom. The zero-order valence-electron chi connectivity index (χ0n) is 11.0. The lowest BCUT2D eigenvalue weighted by molar-refractivity contribution is -0.394. The van der Waals surface area contributed by atoms with E-state index in [-0.39, 0.29) is 17.1 Å². The molecule has 2 aromatic rings. The summed E-state index contributed by atoms with van der Waals surface area (Å²) in [6.07, 6.45) is 1.48. The van der Waals surface area contributed by atoms with Crippen LogP contribution in [0.15, 0.2) is 41.4 Å². The average molecular weight is 316 g/mol. The number of nitro benzene ring substituents is 2. The van der Waals surface area contributed by atoms with Gasteiger partial charge in [-0.2, -0.15) is 5.26 Å². The highest BCUT2D eigenvalue weighted by molar-refractivity contribution is 7.98. The smallest absolute Gasteiger partial charge is 0.258 e. The van der Waals surface area contributed by atoms with E-state index < -0.39 is 9.85 Å². The Balaban J connectivity index is 2.23. The van der Waals surface area contributed by atoms with E-state index in [0.29, 0.717) is 11.3 Å². The van der Waals surface area contributed by atoms with Gasteiger partial charge < -0.3 is 0 Å². The maximum Gasteiger partial charge on any atom is 0.276 e. The predicted octanol–water partition coefficient (Wildman–Crippen LogP) is 3.06. The second-order valence-corrected chi connectivity index (χ2v) is 5.20. The summed E-state index contributed by atoms with van der Waals surface area (Å²) in [5.74, 6) is 0.303. The molecular weight excluding hydrogens is 308 g/mol. The zero-order chi connectivity index (χ0) is 16.1. The van der Waals surface area contributed by atoms with E-state index in [4.69, 9.17) is 5.26 Å². The van der Waals surface area contributed by atoms with Crippen LogP contribution in [0.4, 0.5) is 11.4 Å². The van der Waals surface area contributed by atoms with Gasteiger partial charge in [0.2, 0.25) is 0 Å². The van der Waals surface area contributed by atoms with Gasteiger partial charge in [0.1, 0.15) is 11.8 Å². The van der Waals surface area contributed by atoms with Crippen LogP contribution in [0.3, 0.4) is 0 Å². The van der Waals surface area contributed by atoms with E-state index in [1.165, 1.54) is 30.1 Å². The number of rotatable bonds is 5. The number of benzene rings is 1. The van der Waals surface area contributed by atoms with Crippen molar-refractivity contribution in [3.8, 4) is 6.07 Å². The Morgan fingerprint density at radius 3 is 2.32 bits per heavy atom. The first-order valence-electron chi connectivity index (χ1n) is 5.91. The van der Waals surface area contributed by atoms with Gasteiger partial charge >= 0.3 is 0 Å². The van der Waals surface area contributed by atoms with Crippen LogP contribution < -0.4 is 0 Å². The van der Waals surface area contributed by atoms with Crippen molar-refractivity contribution in [3.63, 3.8) is 0 Å². The van der Waals surface area contributed by atoms with Crippen LogP contribution >= 0.6 is 11.8 Å². The van der Waals surface area contributed by atoms with Crippen LogP contribution in [0.5, 0.6) is 0 Å². The van der Waals surface area contributed by atoms with Gasteiger partial charge in [0.25, 0.3) is 11.4 Å². The molecule has 1 aromatic heterocycles. The summed E-state index contributed by atoms with van der Waals surface area (Å²) in [6, 6.07) is 8.70. The van der Waals surface area contributed by atoms with Crippen LogP contribution in [0, 0.1) is 31.6 Å². The summed E-state index contributed by atoms with van der Waals surface area (Å²) in [5.41, 5.74) is 0.0747. The van der Waals surface area contributed by atoms with Crippen LogP contribution in [0.1, 0.15) is 11.3 Å². The normalized spacial score (nSPS) is 9.95. The molecule has 22 heavy (non-hydrogen) atoms. The van der Waals surface area contributed by atoms with Gasteiger partial charge in [-0.15, -0.1) is 11.8 Å². The zero-order valence-corrected chi connectivity index (χ0v) is 11.8. The fraction of sp³-hybridized carbons (Fsp3) is 0.0769. The molecule has 0 amide bonds. The molecule has 0 aliphatic heterocycles. The van der Waals surface area contributed by atoms with Crippen molar-refractivity contribution in [1.82, 2.24) is 4.98 Å². The molecule has 0 saturated carbocycles. The third-order valence-corrected chi connectivity index (χ3v) is 3.70. The number of hydrogen-bond donors (Lipinski definition) is 0. The molecule has 0 aliphatic rings. The van der Waals surface area contributed by atoms with Crippen molar-refractivity contribution in [1.29, 1.82) is 5.26 Å². The van der Waals surface area contributed by atoms with Crippen molar-refractivity contribution in [2.45, 2.75) is 10.6 Å². The third-order valence-electron chi connectivity index (χ3n) is 2.64. The largest absolute Gasteiger partial charge is 0.276 e. The molecule has 1 aromatic carbocycles. The standard InChI is InChI=1S/C13H8N4O4S/c14-7-10-5-13(1-2-15-10)22-8-9-3-11(16(18)19)6-12(4-9)17(20)21/h1-6H,8H2. The number of thioether (sulfide) groups is 1. The van der Waals surface area contributed by atoms with Crippen molar-refractivity contribution in [2.24, 2.45) is 0 Å². The molecule has 1 heterocycles. The second-order valence-electron chi connectivity index (χ2n) is 4.15. The number of aromatic nitrogens is 1. The van der Waals surface area contributed by atoms with E-state index in [1.807, 2.05) is 6.07 Å². The van der Waals surface area contributed by atoms with Crippen molar-refractivity contribution in [2.75, 3.05) is 0 Å². The molecule has 0 fully saturated rings. The number of pyridine rings is 1. The quantitative estimate of drug-likeness (QED) is 0.471. The molecule has 0 radical (unpaired) electrons. The Morgan fingerprint density at radius 2 is 1.77 bits per heavy atom. The minimum atomic E-state index is -0.665. The maximum atomic E-state index is 10.8. The van der Waals surface area contributed by atoms with Crippen LogP contribution in [0.25, 0.3) is 0 Å². The van der Waals surface area contributed by atoms with E-state index in [9.17, 15) is 20.2 Å². The molecule has 0 bridgehead atoms. The SMILES string of the molecule is N#Cc1cc(SCc2cc([N+](=O)[O-])cc([N+](=O)[O-])c2)ccn1. The van der Waals surface area contributed by atoms with Gasteiger partial charge in [-0.25, -0.2) is 4.98 Å². The van der Waals surface area contributed by atoms with Crippen LogP contribution in [0.2, 0.25) is 0 Å². The summed E-state index contributed by atoms with van der Waals surface area (Å²) < 4.78 is 0. The first-order chi connectivity index (χ1) is 10.5. The molecule has 2 rings (SSSR count). The van der Waals surface area contributed by atoms with Crippen molar-refractivity contribution >= 4 is 23.1 Å². The first-order valence-corrected chi connectivity index (χ1v) is 6.90. The second kappa shape index (κ2) is 6.64. The molecule has 110 valence electrons. The summed E-state index contributed by atoms with van der Waals surface area (Å²) in [4.78, 5) is 24.9. The van der Waals surface area contributed by atoms with E-state index in [1.54, 1.807) is 12.1 Å². The Hall–Kier alpha value is -2.99. The Labute approximate surface area is 128 Å². The van der Waals surface area contributed by atoms with Gasteiger partial charge in [-0.05, 0) is 17.7 Å². The summed E-state index contributed by atoms with van der Waals surface area (Å²) in [6.45, 7) is 0. The minimum absolute atomic E-state index is 0.259. The average Bonchev–Trinajstić information content (AvgIpc) is 2.52. The molecular formula is C13H8N4O4S. The van der Waals surface area contributed by atoms with Crippen molar-refractivity contribution in [3.05, 3.63) is 68.0 Å². The highest BCUT2D eigenvalue weighted by Gasteiger charge is 2.16. The highest BCUT2D eigenvalue weighted by atomic mass is 32.2. The van der Waals surface area contributed by atoms with E-state index in [2.05, 4.69) is 4.98 Å². The number of non-ortho nitro benzene ring substituents is 2. The lowest BCUT2D eigenvalue weighted by atomic mass is 10.2. The molecule has 0 atom stereocenters. The lowest BCUT2D eigenvalue weighted by Gasteiger charge is -2.03. The first kappa shape index (κ1) is 15.4. The Bertz CT molecular complexity index is 756. The molecule has 9 heteroatoms. The summed E-state index contributed by atoms with van der Waals surface area (Å²) in [5, 5.41) is 30.4. The fourth-order valence-electron chi connectivity index (χ4n) is 1.68. The van der Waals surface area contributed by atoms with Crippen LogP contribution in [-0.2, 0) is 5.75 Å². The molecule has 8 nitrogen and oxygen atoms in total. The van der Waals surface area contributed by atoms with Gasteiger partial charge in [-0.1, -0.05) is 0 Å². The van der Waals surface area contributed by atoms with Gasteiger partial charge in [0.05, 0.1) is 15.9 Å². The number of nitrogens with zero attached hydrogens (tertiary/aromatic N) is 4. The Kier molecular flexibility index (Phi) is 4.65. The predicted molar refractivity (Wildman–Crippen MR) is 78.3 cm³/mol. The van der Waals surface area contributed by atoms with Crippen molar-refractivity contribution < 1.29 is 9.85 Å². The molecule has 0 unspecified atom stereocenters. The topological polar surface area (TPSA) is 123 Å². The van der Waals surface area contributed by atoms with Gasteiger partial charge in [0, 0.05) is 29.0 Å². The minimum Gasteiger partial charge on any atom is -0.258 e. The third kappa shape index (κ3) is 3.77. The van der Waals surface area contributed by atoms with Crippen LogP contribution in [-0.4, -0.2) is 14.8 Å². The number of nitro groups is 2. The monoisotopic (exact) mass is 316 g/mol. The highest BCUT2D eigenvalue weighted by Crippen LogP contribution is 2.28. The lowest BCUT2D eigenvalue weighted by Crippen LogP contribution is -1.95. The molecule has 0 saturated heterocycles. The molecule has 0 N–H and O–H groups in total. The molecule has 0 spiro atoms. The van der Waals surface area contributed by atoms with Gasteiger partial charge in [-0.3, -0.25) is 20.2 Å². The summed E-state index contributed by atoms with van der Waals surface area (Å²) in [7, 11) is 0. The van der Waals surface area contributed by atoms with E-state index in [0.717, 1.165) is 11.0 Å². The number of nitriles is 1. The van der Waals surface area contributed by atoms with E-state index >= 15 is 0 Å². The summed E-state index contributed by atoms with van der Waals surface area (Å²) >= 11 is 1.31. The van der Waals surface area contributed by atoms with Gasteiger partial charge in [0.15, 0.2) is 0 Å². The molecule has 0 aliphatic carbocycles. The fourth-order valence-corrected chi connectivity index (χ4v) is 2.53.